The third-order valence-electron chi connectivity index (χ3n) is 6.47. The molecule has 1 radical (unpaired) electrons. The standard InChI is InChI=1S/3C8H14O2.7CHO.3CH3.BF3.FH.3Fe/c3*1-10-8(9)6-7-4-2-3-5-7;7*1-2;;;;2-1(3)4;;;;/h3*7H,2-6H2,1H3;7*1H;3*1H3;;1H;;;/q;;;10*-1;;;+2;+4;+5/p-1. The maximum Gasteiger partial charge on any atom is 5.00 e. The second-order valence-corrected chi connectivity index (χ2v) is 9.04. The average Bonchev–Trinajstić information content (AvgIpc) is 3.97. The molecule has 3 aliphatic rings. The van der Waals surface area contributed by atoms with E-state index in [0.717, 1.165) is 0 Å². The van der Waals surface area contributed by atoms with Gasteiger partial charge in [-0.1, -0.05) is 38.5 Å². The van der Waals surface area contributed by atoms with Crippen molar-refractivity contribution in [1.82, 2.24) is 0 Å². The summed E-state index contributed by atoms with van der Waals surface area (Å²) < 4.78 is 42.7. The molecule has 327 valence electrons. The molecule has 3 rings (SSSR count). The van der Waals surface area contributed by atoms with Crippen molar-refractivity contribution in [3.05, 3.63) is 22.3 Å². The first-order valence-electron chi connectivity index (χ1n) is 14.0. The van der Waals surface area contributed by atoms with E-state index in [1.165, 1.54) is 98.4 Å². The summed E-state index contributed by atoms with van der Waals surface area (Å²) in [5.74, 6) is 1.71. The predicted molar refractivity (Wildman–Crippen MR) is 191 cm³/mol. The number of carbonyl (C=O) groups excluding carboxylic acids is 10. The van der Waals surface area contributed by atoms with Crippen molar-refractivity contribution in [3.8, 4) is 0 Å². The van der Waals surface area contributed by atoms with Crippen molar-refractivity contribution < 1.29 is 131 Å². The van der Waals surface area contributed by atoms with Crippen LogP contribution in [-0.4, -0.2) is 94.3 Å². The summed E-state index contributed by atoms with van der Waals surface area (Å²) in [6.45, 7) is 22.8. The van der Waals surface area contributed by atoms with Gasteiger partial charge in [0.15, 0.2) is 0 Å². The van der Waals surface area contributed by atoms with Gasteiger partial charge in [0, 0.05) is 19.3 Å². The largest absolute Gasteiger partial charge is 5.00 e. The summed E-state index contributed by atoms with van der Waals surface area (Å²) in [4.78, 5) is 86.5. The summed E-state index contributed by atoms with van der Waals surface area (Å²) in [6, 6.07) is 0. The van der Waals surface area contributed by atoms with E-state index in [1.54, 1.807) is 0 Å². The molecule has 0 aliphatic heterocycles. The Morgan fingerprint density at radius 3 is 0.673 bits per heavy atom. The van der Waals surface area contributed by atoms with E-state index in [4.69, 9.17) is 33.6 Å². The van der Waals surface area contributed by atoms with Crippen molar-refractivity contribution in [2.75, 3.05) is 21.3 Å². The molecule has 0 N–H and O–H groups in total. The van der Waals surface area contributed by atoms with Gasteiger partial charge in [0.2, 0.25) is 0 Å². The number of ether oxygens (including phenoxy) is 3. The van der Waals surface area contributed by atoms with E-state index >= 15 is 0 Å². The van der Waals surface area contributed by atoms with Gasteiger partial charge in [-0.3, -0.25) is 74.9 Å². The van der Waals surface area contributed by atoms with Gasteiger partial charge in [-0.2, -0.15) is 0 Å². The van der Waals surface area contributed by atoms with Crippen LogP contribution < -0.4 is 4.70 Å². The van der Waals surface area contributed by atoms with Gasteiger partial charge in [0.25, 0.3) is 0 Å². The number of halogens is 4. The molecule has 0 aromatic rings. The summed E-state index contributed by atoms with van der Waals surface area (Å²) in [5.41, 5.74) is 0. The molecular formula is C34H58BF4Fe3O13. The number of hydrogen-bond donors (Lipinski definition) is 0. The van der Waals surface area contributed by atoms with Gasteiger partial charge in [-0.05, 0) is 56.3 Å². The van der Waals surface area contributed by atoms with Crippen LogP contribution in [0.3, 0.4) is 0 Å². The van der Waals surface area contributed by atoms with E-state index in [1.807, 2.05) is 0 Å². The van der Waals surface area contributed by atoms with Gasteiger partial charge >= 0.3 is 76.7 Å². The number of esters is 3. The molecule has 21 heteroatoms. The molecule has 3 fully saturated rings. The Morgan fingerprint density at radius 1 is 0.473 bits per heavy atom. The first kappa shape index (κ1) is 99.0. The van der Waals surface area contributed by atoms with E-state index < -0.39 is 7.54 Å². The Labute approximate surface area is 360 Å². The Kier molecular flexibility index (Phi) is 177. The van der Waals surface area contributed by atoms with E-state index in [2.05, 4.69) is 61.7 Å². The van der Waals surface area contributed by atoms with Gasteiger partial charge < -0.3 is 74.8 Å². The second-order valence-electron chi connectivity index (χ2n) is 9.04. The zero-order chi connectivity index (χ0) is 39.8. The average molecular weight is 929 g/mol. The molecule has 3 aliphatic carbocycles. The topological polar surface area (TPSA) is 198 Å². The van der Waals surface area contributed by atoms with Gasteiger partial charge in [-0.15, -0.1) is 0 Å². The van der Waals surface area contributed by atoms with Gasteiger partial charge in [0.05, 0.1) is 21.3 Å². The van der Waals surface area contributed by atoms with Crippen LogP contribution in [0.5, 0.6) is 0 Å². The molecule has 0 heterocycles. The monoisotopic (exact) mass is 929 g/mol. The molecular weight excluding hydrogens is 871 g/mol. The third kappa shape index (κ3) is 94.7. The Balaban J connectivity index is -0.0000000264. The maximum atomic E-state index is 10.7. The fourth-order valence-corrected chi connectivity index (χ4v) is 4.60. The van der Waals surface area contributed by atoms with Crippen LogP contribution in [0.1, 0.15) is 96.3 Å². The second kappa shape index (κ2) is 98.6. The number of hydrogen-bond acceptors (Lipinski definition) is 13. The summed E-state index contributed by atoms with van der Waals surface area (Å²) >= 11 is 0. The van der Waals surface area contributed by atoms with Crippen molar-refractivity contribution in [2.24, 2.45) is 17.8 Å². The molecule has 0 aromatic heterocycles. The fraction of sp³-hybridized carbons (Fsp3) is 0.618. The molecule has 3 saturated carbocycles. The number of rotatable bonds is 6. The number of carbonyl (C=O) groups is 3. The smallest absolute Gasteiger partial charge is 1.00 e. The quantitative estimate of drug-likeness (QED) is 0.0942. The molecule has 0 saturated heterocycles. The summed E-state index contributed by atoms with van der Waals surface area (Å²) in [7, 11) is 0.700. The minimum Gasteiger partial charge on any atom is -1.00 e. The Hall–Kier alpha value is -2.56. The fourth-order valence-electron chi connectivity index (χ4n) is 4.60. The van der Waals surface area contributed by atoms with Crippen molar-refractivity contribution in [3.63, 3.8) is 0 Å². The molecule has 0 atom stereocenters. The minimum absolute atomic E-state index is 0. The SMILES string of the molecule is COC(=O)CC1CCCC1.COC(=O)CC1CCCC1.COC(=O)CC1CCCC1.FB(F)F.[CH-]=O.[CH-]=O.[CH-]=O.[CH-]=O.[CH-]=O.[CH-]=O.[CH-]=O.[CH3-].[CH3-].[CH3-].[F-].[Fe+2].[Fe+4].[Fe+5]. The van der Waals surface area contributed by atoms with Crippen molar-refractivity contribution >= 4 is 73.0 Å². The van der Waals surface area contributed by atoms with Gasteiger partial charge in [-0.25, -0.2) is 0 Å². The van der Waals surface area contributed by atoms with Crippen LogP contribution in [0.15, 0.2) is 0 Å². The Morgan fingerprint density at radius 2 is 0.582 bits per heavy atom. The molecule has 0 aromatic carbocycles. The molecule has 0 spiro atoms. The van der Waals surface area contributed by atoms with E-state index in [-0.39, 0.29) is 96.1 Å². The van der Waals surface area contributed by atoms with Crippen LogP contribution in [0.2, 0.25) is 0 Å². The van der Waals surface area contributed by atoms with Crippen molar-refractivity contribution in [1.29, 1.82) is 0 Å². The minimum atomic E-state index is -3.67. The first-order valence-corrected chi connectivity index (χ1v) is 14.0. The zero-order valence-corrected chi connectivity index (χ0v) is 35.6. The van der Waals surface area contributed by atoms with Crippen LogP contribution in [0.25, 0.3) is 0 Å². The molecule has 0 amide bonds. The first-order chi connectivity index (χ1) is 23.2. The van der Waals surface area contributed by atoms with Crippen LogP contribution in [0, 0.1) is 40.0 Å². The third-order valence-corrected chi connectivity index (χ3v) is 6.47. The van der Waals surface area contributed by atoms with Crippen LogP contribution in [-0.2, 0) is 113 Å². The van der Waals surface area contributed by atoms with E-state index in [0.29, 0.717) is 37.0 Å². The molecule has 55 heavy (non-hydrogen) atoms. The molecule has 0 bridgehead atoms. The molecule has 0 unspecified atom stereocenters. The van der Waals surface area contributed by atoms with Crippen LogP contribution in [0.4, 0.5) is 12.9 Å². The summed E-state index contributed by atoms with van der Waals surface area (Å²) in [6.07, 6.45) is 17.0. The van der Waals surface area contributed by atoms with Gasteiger partial charge in [0.1, 0.15) is 0 Å². The van der Waals surface area contributed by atoms with Crippen LogP contribution >= 0.6 is 0 Å². The molecule has 13 nitrogen and oxygen atoms in total. The number of methoxy groups -OCH3 is 3. The normalized spacial score (nSPS) is 11.5. The zero-order valence-electron chi connectivity index (χ0n) is 32.3. The Bertz CT molecular complexity index is 594. The van der Waals surface area contributed by atoms with E-state index in [9.17, 15) is 27.3 Å². The predicted octanol–water partition coefficient (Wildman–Crippen LogP) is 2.53. The maximum absolute atomic E-state index is 10.7. The van der Waals surface area contributed by atoms with Crippen molar-refractivity contribution in [2.45, 2.75) is 96.3 Å². The summed E-state index contributed by atoms with van der Waals surface area (Å²) in [5, 5.41) is 0.